The second-order valence-corrected chi connectivity index (χ2v) is 6.46. The first kappa shape index (κ1) is 16.3. The number of para-hydroxylation sites is 1. The van der Waals surface area contributed by atoms with Gasteiger partial charge < -0.3 is 19.7 Å². The second-order valence-electron chi connectivity index (χ2n) is 6.08. The van der Waals surface area contributed by atoms with Crippen LogP contribution < -0.4 is 5.32 Å². The molecule has 3 rings (SSSR count). The number of halogens is 1. The Hall–Kier alpha value is -1.56. The predicted molar refractivity (Wildman–Crippen MR) is 89.8 cm³/mol. The van der Waals surface area contributed by atoms with Gasteiger partial charge in [0.05, 0.1) is 17.7 Å². The van der Waals surface area contributed by atoms with Crippen molar-refractivity contribution in [1.29, 1.82) is 0 Å². The Labute approximate surface area is 140 Å². The van der Waals surface area contributed by atoms with Crippen molar-refractivity contribution in [3.05, 3.63) is 35.0 Å². The smallest absolute Gasteiger partial charge is 0.269 e. The van der Waals surface area contributed by atoms with Gasteiger partial charge in [0, 0.05) is 31.1 Å². The standard InChI is InChI=1S/C17H21ClN2O3/c1-20-14-5-3-2-4-13(14)15(18)16(20)17(22)19-8-12(21)10-23-9-11-6-7-11/h2-5,11-12,21H,6-10H2,1H3,(H,19,22). The summed E-state index contributed by atoms with van der Waals surface area (Å²) in [5, 5.41) is 13.9. The molecule has 1 aromatic carbocycles. The molecule has 1 heterocycles. The zero-order valence-electron chi connectivity index (χ0n) is 13.1. The molecule has 0 radical (unpaired) electrons. The average molecular weight is 337 g/mol. The summed E-state index contributed by atoms with van der Waals surface area (Å²) in [6, 6.07) is 7.59. The lowest BCUT2D eigenvalue weighted by Gasteiger charge is -2.13. The number of benzene rings is 1. The molecule has 6 heteroatoms. The van der Waals surface area contributed by atoms with Crippen LogP contribution in [0.15, 0.2) is 24.3 Å². The van der Waals surface area contributed by atoms with E-state index in [0.29, 0.717) is 23.2 Å². The number of amides is 1. The molecule has 0 saturated heterocycles. The van der Waals surface area contributed by atoms with Gasteiger partial charge in [0.25, 0.3) is 5.91 Å². The van der Waals surface area contributed by atoms with Crippen LogP contribution in [0.2, 0.25) is 5.02 Å². The Kier molecular flexibility index (Phi) is 4.90. The van der Waals surface area contributed by atoms with Crippen LogP contribution in [-0.2, 0) is 11.8 Å². The summed E-state index contributed by atoms with van der Waals surface area (Å²) in [5.74, 6) is 0.362. The highest BCUT2D eigenvalue weighted by molar-refractivity contribution is 6.38. The number of ether oxygens (including phenoxy) is 1. The topological polar surface area (TPSA) is 63.5 Å². The van der Waals surface area contributed by atoms with E-state index in [1.165, 1.54) is 12.8 Å². The molecule has 2 aromatic rings. The molecule has 5 nitrogen and oxygen atoms in total. The monoisotopic (exact) mass is 336 g/mol. The van der Waals surface area contributed by atoms with E-state index in [1.54, 1.807) is 11.6 Å². The van der Waals surface area contributed by atoms with Crippen molar-refractivity contribution in [3.63, 3.8) is 0 Å². The molecule has 1 aliphatic rings. The highest BCUT2D eigenvalue weighted by Gasteiger charge is 2.22. The van der Waals surface area contributed by atoms with Gasteiger partial charge in [-0.25, -0.2) is 0 Å². The SMILES string of the molecule is Cn1c(C(=O)NCC(O)COCC2CC2)c(Cl)c2ccccc21. The van der Waals surface area contributed by atoms with Crippen LogP contribution in [0, 0.1) is 5.92 Å². The van der Waals surface area contributed by atoms with Gasteiger partial charge in [0.15, 0.2) is 0 Å². The zero-order valence-corrected chi connectivity index (χ0v) is 13.8. The molecular weight excluding hydrogens is 316 g/mol. The first-order valence-electron chi connectivity index (χ1n) is 7.85. The number of hydrogen-bond acceptors (Lipinski definition) is 3. The van der Waals surface area contributed by atoms with E-state index in [2.05, 4.69) is 5.32 Å². The molecule has 1 aromatic heterocycles. The summed E-state index contributed by atoms with van der Waals surface area (Å²) in [6.07, 6.45) is 1.71. The number of hydrogen-bond donors (Lipinski definition) is 2. The Morgan fingerprint density at radius 3 is 2.91 bits per heavy atom. The van der Waals surface area contributed by atoms with Crippen LogP contribution in [0.25, 0.3) is 10.9 Å². The molecular formula is C17H21ClN2O3. The van der Waals surface area contributed by atoms with Crippen molar-refractivity contribution in [2.24, 2.45) is 13.0 Å². The second kappa shape index (κ2) is 6.91. The van der Waals surface area contributed by atoms with E-state index < -0.39 is 6.10 Å². The summed E-state index contributed by atoms with van der Waals surface area (Å²) in [6.45, 7) is 1.07. The number of rotatable bonds is 7. The summed E-state index contributed by atoms with van der Waals surface area (Å²) < 4.78 is 7.19. The fourth-order valence-electron chi connectivity index (χ4n) is 2.61. The lowest BCUT2D eigenvalue weighted by atomic mass is 10.2. The third kappa shape index (κ3) is 3.68. The van der Waals surface area contributed by atoms with E-state index in [4.69, 9.17) is 16.3 Å². The van der Waals surface area contributed by atoms with Crippen LogP contribution in [0.3, 0.4) is 0 Å². The first-order chi connectivity index (χ1) is 11.1. The number of fused-ring (bicyclic) bond motifs is 1. The van der Waals surface area contributed by atoms with Crippen molar-refractivity contribution in [2.45, 2.75) is 18.9 Å². The third-order valence-electron chi connectivity index (χ3n) is 4.12. The number of carbonyl (C=O) groups excluding carboxylic acids is 1. The molecule has 23 heavy (non-hydrogen) atoms. The van der Waals surface area contributed by atoms with Gasteiger partial charge >= 0.3 is 0 Å². The molecule has 1 unspecified atom stereocenters. The van der Waals surface area contributed by atoms with Crippen molar-refractivity contribution in [2.75, 3.05) is 19.8 Å². The predicted octanol–water partition coefficient (Wildman–Crippen LogP) is 2.35. The maximum absolute atomic E-state index is 12.4. The number of aliphatic hydroxyl groups is 1. The molecule has 124 valence electrons. The third-order valence-corrected chi connectivity index (χ3v) is 4.50. The van der Waals surface area contributed by atoms with Crippen LogP contribution in [0.5, 0.6) is 0 Å². The van der Waals surface area contributed by atoms with Crippen molar-refractivity contribution in [1.82, 2.24) is 9.88 Å². The maximum atomic E-state index is 12.4. The fraction of sp³-hybridized carbons (Fsp3) is 0.471. The van der Waals surface area contributed by atoms with Gasteiger partial charge in [0.2, 0.25) is 0 Å². The van der Waals surface area contributed by atoms with E-state index in [-0.39, 0.29) is 19.1 Å². The Bertz CT molecular complexity index is 670. The van der Waals surface area contributed by atoms with Crippen LogP contribution >= 0.6 is 11.6 Å². The van der Waals surface area contributed by atoms with Gasteiger partial charge in [-0.1, -0.05) is 29.8 Å². The zero-order chi connectivity index (χ0) is 16.4. The van der Waals surface area contributed by atoms with E-state index in [1.807, 2.05) is 24.3 Å². The van der Waals surface area contributed by atoms with E-state index in [9.17, 15) is 9.90 Å². The first-order valence-corrected chi connectivity index (χ1v) is 8.22. The van der Waals surface area contributed by atoms with Crippen molar-refractivity contribution >= 4 is 28.4 Å². The summed E-state index contributed by atoms with van der Waals surface area (Å²) in [5.41, 5.74) is 1.30. The van der Waals surface area contributed by atoms with Crippen LogP contribution in [0.1, 0.15) is 23.3 Å². The largest absolute Gasteiger partial charge is 0.389 e. The normalized spacial score (nSPS) is 15.8. The molecule has 1 fully saturated rings. The highest BCUT2D eigenvalue weighted by atomic mass is 35.5. The summed E-state index contributed by atoms with van der Waals surface area (Å²) in [4.78, 5) is 12.4. The van der Waals surface area contributed by atoms with Gasteiger partial charge in [-0.3, -0.25) is 4.79 Å². The molecule has 0 aliphatic heterocycles. The Morgan fingerprint density at radius 1 is 1.48 bits per heavy atom. The minimum atomic E-state index is -0.717. The molecule has 1 saturated carbocycles. The summed E-state index contributed by atoms with van der Waals surface area (Å²) >= 11 is 6.33. The Morgan fingerprint density at radius 2 is 2.22 bits per heavy atom. The minimum Gasteiger partial charge on any atom is -0.389 e. The number of carbonyl (C=O) groups is 1. The van der Waals surface area contributed by atoms with Gasteiger partial charge in [-0.05, 0) is 24.8 Å². The number of aryl methyl sites for hydroxylation is 1. The number of nitrogens with one attached hydrogen (secondary N) is 1. The van der Waals surface area contributed by atoms with Crippen molar-refractivity contribution < 1.29 is 14.6 Å². The molecule has 0 bridgehead atoms. The van der Waals surface area contributed by atoms with E-state index >= 15 is 0 Å². The maximum Gasteiger partial charge on any atom is 0.269 e. The Balaban J connectivity index is 1.59. The molecule has 1 amide bonds. The van der Waals surface area contributed by atoms with Crippen LogP contribution in [-0.4, -0.2) is 41.4 Å². The van der Waals surface area contributed by atoms with Crippen molar-refractivity contribution in [3.8, 4) is 0 Å². The molecule has 1 atom stereocenters. The molecule has 1 aliphatic carbocycles. The number of nitrogens with zero attached hydrogens (tertiary/aromatic N) is 1. The highest BCUT2D eigenvalue weighted by Crippen LogP contribution is 2.30. The van der Waals surface area contributed by atoms with Gasteiger partial charge in [-0.15, -0.1) is 0 Å². The lowest BCUT2D eigenvalue weighted by Crippen LogP contribution is -2.35. The van der Waals surface area contributed by atoms with Crippen LogP contribution in [0.4, 0.5) is 0 Å². The summed E-state index contributed by atoms with van der Waals surface area (Å²) in [7, 11) is 1.80. The molecule has 0 spiro atoms. The fourth-order valence-corrected chi connectivity index (χ4v) is 2.98. The average Bonchev–Trinajstić information content (AvgIpc) is 3.33. The van der Waals surface area contributed by atoms with Gasteiger partial charge in [-0.2, -0.15) is 0 Å². The number of aromatic nitrogens is 1. The lowest BCUT2D eigenvalue weighted by molar-refractivity contribution is 0.0320. The van der Waals surface area contributed by atoms with E-state index in [0.717, 1.165) is 10.9 Å². The van der Waals surface area contributed by atoms with Gasteiger partial charge in [0.1, 0.15) is 5.69 Å². The number of aliphatic hydroxyl groups excluding tert-OH is 1. The quantitative estimate of drug-likeness (QED) is 0.815. The molecule has 2 N–H and O–H groups in total. The minimum absolute atomic E-state index is 0.140.